The maximum atomic E-state index is 10.8. The molecule has 1 aromatic carbocycles. The van der Waals surface area contributed by atoms with Gasteiger partial charge in [-0.15, -0.1) is 0 Å². The van der Waals surface area contributed by atoms with Gasteiger partial charge in [-0.1, -0.05) is 23.7 Å². The van der Waals surface area contributed by atoms with Crippen LogP contribution < -0.4 is 5.73 Å². The van der Waals surface area contributed by atoms with Crippen LogP contribution in [0.1, 0.15) is 12.0 Å². The molecule has 104 valence electrons. The average molecular weight is 283 g/mol. The summed E-state index contributed by atoms with van der Waals surface area (Å²) in [5, 5.41) is 9.59. The van der Waals surface area contributed by atoms with E-state index in [4.69, 9.17) is 22.4 Å². The van der Waals surface area contributed by atoms with Crippen molar-refractivity contribution in [2.45, 2.75) is 18.9 Å². The Morgan fingerprint density at radius 2 is 2.05 bits per heavy atom. The van der Waals surface area contributed by atoms with Gasteiger partial charge in [0.1, 0.15) is 0 Å². The Balaban J connectivity index is 1.95. The van der Waals surface area contributed by atoms with Crippen molar-refractivity contribution in [1.82, 2.24) is 4.90 Å². The minimum absolute atomic E-state index is 0.0606. The molecule has 1 heterocycles. The maximum Gasteiger partial charge on any atom is 0.317 e. The predicted molar refractivity (Wildman–Crippen MR) is 75.3 cm³/mol. The van der Waals surface area contributed by atoms with Gasteiger partial charge in [0.25, 0.3) is 0 Å². The van der Waals surface area contributed by atoms with Gasteiger partial charge < -0.3 is 10.8 Å². The average Bonchev–Trinajstić information content (AvgIpc) is 2.30. The Kier molecular flexibility index (Phi) is 4.80. The van der Waals surface area contributed by atoms with Crippen LogP contribution in [0.3, 0.4) is 0 Å². The Morgan fingerprint density at radius 3 is 2.68 bits per heavy atom. The van der Waals surface area contributed by atoms with Crippen molar-refractivity contribution in [2.75, 3.05) is 19.6 Å². The molecule has 0 saturated carbocycles. The molecule has 0 amide bonds. The van der Waals surface area contributed by atoms with Crippen LogP contribution in [0.4, 0.5) is 0 Å². The number of piperidine rings is 1. The van der Waals surface area contributed by atoms with Crippen LogP contribution in [0.5, 0.6) is 0 Å². The molecule has 1 fully saturated rings. The van der Waals surface area contributed by atoms with Gasteiger partial charge in [-0.05, 0) is 36.5 Å². The molecular weight excluding hydrogens is 264 g/mol. The molecule has 0 aliphatic carbocycles. The zero-order valence-electron chi connectivity index (χ0n) is 10.8. The largest absolute Gasteiger partial charge is 0.480 e. The number of hydrogen-bond donors (Lipinski definition) is 2. The van der Waals surface area contributed by atoms with E-state index in [1.54, 1.807) is 0 Å². The summed E-state index contributed by atoms with van der Waals surface area (Å²) in [7, 11) is 0. The quantitative estimate of drug-likeness (QED) is 0.881. The fourth-order valence-corrected chi connectivity index (χ4v) is 2.90. The van der Waals surface area contributed by atoms with Crippen LogP contribution in [0.25, 0.3) is 0 Å². The summed E-state index contributed by atoms with van der Waals surface area (Å²) >= 11 is 5.86. The number of likely N-dealkylation sites (tertiary alicyclic amines) is 1. The summed E-state index contributed by atoms with van der Waals surface area (Å²) in [6, 6.07) is 7.86. The second-order valence-electron chi connectivity index (χ2n) is 5.28. The summed E-state index contributed by atoms with van der Waals surface area (Å²) in [6.45, 7) is 1.54. The normalized spacial score (nSPS) is 24.3. The fraction of sp³-hybridized carbons (Fsp3) is 0.500. The number of carboxylic acid groups (broad SMARTS) is 1. The maximum absolute atomic E-state index is 10.8. The third-order valence-corrected chi connectivity index (χ3v) is 3.69. The number of carboxylic acids is 1. The highest BCUT2D eigenvalue weighted by atomic mass is 35.5. The molecule has 0 bridgehead atoms. The number of benzene rings is 1. The standard InChI is InChI=1S/C14H19ClN2O2/c15-12-3-1-10(2-4-12)5-11-6-13(16)8-17(7-11)9-14(18)19/h1-4,11,13H,5-9,16H2,(H,18,19). The zero-order chi connectivity index (χ0) is 13.8. The summed E-state index contributed by atoms with van der Waals surface area (Å²) in [6.07, 6.45) is 1.86. The van der Waals surface area contributed by atoms with Gasteiger partial charge in [-0.25, -0.2) is 0 Å². The Hall–Kier alpha value is -1.10. The molecule has 4 nitrogen and oxygen atoms in total. The van der Waals surface area contributed by atoms with E-state index in [-0.39, 0.29) is 12.6 Å². The fourth-order valence-electron chi connectivity index (χ4n) is 2.77. The van der Waals surface area contributed by atoms with Crippen molar-refractivity contribution in [1.29, 1.82) is 0 Å². The first-order chi connectivity index (χ1) is 9.02. The minimum Gasteiger partial charge on any atom is -0.480 e. The first-order valence-corrected chi connectivity index (χ1v) is 6.85. The molecular formula is C14H19ClN2O2. The molecule has 1 aliphatic rings. The minimum atomic E-state index is -0.792. The van der Waals surface area contributed by atoms with E-state index in [2.05, 4.69) is 0 Å². The van der Waals surface area contributed by atoms with E-state index < -0.39 is 5.97 Å². The molecule has 19 heavy (non-hydrogen) atoms. The van der Waals surface area contributed by atoms with Gasteiger partial charge in [0.2, 0.25) is 0 Å². The van der Waals surface area contributed by atoms with Crippen molar-refractivity contribution >= 4 is 17.6 Å². The van der Waals surface area contributed by atoms with Crippen LogP contribution in [0.15, 0.2) is 24.3 Å². The number of hydrogen-bond acceptors (Lipinski definition) is 3. The molecule has 2 unspecified atom stereocenters. The summed E-state index contributed by atoms with van der Waals surface area (Å²) in [5.41, 5.74) is 7.23. The molecule has 2 rings (SSSR count). The zero-order valence-corrected chi connectivity index (χ0v) is 11.5. The second-order valence-corrected chi connectivity index (χ2v) is 5.72. The van der Waals surface area contributed by atoms with Crippen molar-refractivity contribution < 1.29 is 9.90 Å². The smallest absolute Gasteiger partial charge is 0.317 e. The molecule has 3 N–H and O–H groups in total. The highest BCUT2D eigenvalue weighted by Crippen LogP contribution is 2.21. The molecule has 1 aliphatic heterocycles. The first-order valence-electron chi connectivity index (χ1n) is 6.47. The molecule has 2 atom stereocenters. The lowest BCUT2D eigenvalue weighted by molar-refractivity contribution is -0.138. The second kappa shape index (κ2) is 6.37. The number of carbonyl (C=O) groups is 1. The topological polar surface area (TPSA) is 66.6 Å². The van der Waals surface area contributed by atoms with Crippen LogP contribution >= 0.6 is 11.6 Å². The molecule has 5 heteroatoms. The number of nitrogens with zero attached hydrogens (tertiary/aromatic N) is 1. The molecule has 1 aromatic rings. The van der Waals surface area contributed by atoms with Crippen molar-refractivity contribution in [2.24, 2.45) is 11.7 Å². The lowest BCUT2D eigenvalue weighted by Gasteiger charge is -2.35. The van der Waals surface area contributed by atoms with Crippen LogP contribution in [-0.4, -0.2) is 41.7 Å². The van der Waals surface area contributed by atoms with Gasteiger partial charge >= 0.3 is 5.97 Å². The van der Waals surface area contributed by atoms with Crippen LogP contribution in [0, 0.1) is 5.92 Å². The van der Waals surface area contributed by atoms with E-state index in [1.165, 1.54) is 5.56 Å². The Bertz CT molecular complexity index is 436. The van der Waals surface area contributed by atoms with E-state index >= 15 is 0 Å². The van der Waals surface area contributed by atoms with Gasteiger partial charge in [0, 0.05) is 24.2 Å². The van der Waals surface area contributed by atoms with Crippen molar-refractivity contribution in [3.63, 3.8) is 0 Å². The number of aliphatic carboxylic acids is 1. The van der Waals surface area contributed by atoms with Gasteiger partial charge in [-0.2, -0.15) is 0 Å². The van der Waals surface area contributed by atoms with E-state index in [0.717, 1.165) is 24.4 Å². The summed E-state index contributed by atoms with van der Waals surface area (Å²) < 4.78 is 0. The third-order valence-electron chi connectivity index (χ3n) is 3.44. The predicted octanol–water partition coefficient (Wildman–Crippen LogP) is 1.62. The van der Waals surface area contributed by atoms with Gasteiger partial charge in [0.15, 0.2) is 0 Å². The highest BCUT2D eigenvalue weighted by Gasteiger charge is 2.26. The Morgan fingerprint density at radius 1 is 1.37 bits per heavy atom. The van der Waals surface area contributed by atoms with Crippen LogP contribution in [0.2, 0.25) is 5.02 Å². The van der Waals surface area contributed by atoms with Crippen LogP contribution in [-0.2, 0) is 11.2 Å². The monoisotopic (exact) mass is 282 g/mol. The van der Waals surface area contributed by atoms with Crippen molar-refractivity contribution in [3.05, 3.63) is 34.9 Å². The number of halogens is 1. The van der Waals surface area contributed by atoms with Gasteiger partial charge in [-0.3, -0.25) is 9.69 Å². The van der Waals surface area contributed by atoms with Gasteiger partial charge in [0.05, 0.1) is 6.54 Å². The lowest BCUT2D eigenvalue weighted by atomic mass is 9.89. The van der Waals surface area contributed by atoms with Crippen molar-refractivity contribution in [3.8, 4) is 0 Å². The highest BCUT2D eigenvalue weighted by molar-refractivity contribution is 6.30. The van der Waals surface area contributed by atoms with E-state index in [1.807, 2.05) is 29.2 Å². The number of rotatable bonds is 4. The molecule has 0 aromatic heterocycles. The first kappa shape index (κ1) is 14.3. The van der Waals surface area contributed by atoms with E-state index in [0.29, 0.717) is 12.5 Å². The SMILES string of the molecule is NC1CC(Cc2ccc(Cl)cc2)CN(CC(=O)O)C1. The number of nitrogens with two attached hydrogens (primary N) is 1. The van der Waals surface area contributed by atoms with E-state index in [9.17, 15) is 4.79 Å². The molecule has 0 spiro atoms. The molecule has 0 radical (unpaired) electrons. The Labute approximate surface area is 118 Å². The molecule has 1 saturated heterocycles. The third kappa shape index (κ3) is 4.49. The lowest BCUT2D eigenvalue weighted by Crippen LogP contribution is -2.49. The summed E-state index contributed by atoms with van der Waals surface area (Å²) in [4.78, 5) is 12.7. The summed E-state index contributed by atoms with van der Waals surface area (Å²) in [5.74, 6) is -0.386.